The van der Waals surface area contributed by atoms with Crippen LogP contribution in [0, 0.1) is 6.92 Å². The summed E-state index contributed by atoms with van der Waals surface area (Å²) in [5.74, 6) is 1.58. The molecule has 0 aliphatic rings. The Bertz CT molecular complexity index is 579. The van der Waals surface area contributed by atoms with Crippen molar-refractivity contribution in [2.24, 2.45) is 0 Å². The van der Waals surface area contributed by atoms with Gasteiger partial charge in [0.1, 0.15) is 5.75 Å². The van der Waals surface area contributed by atoms with Gasteiger partial charge < -0.3 is 4.74 Å². The molecule has 0 spiro atoms. The fraction of sp³-hybridized carbons (Fsp3) is 0.235. The average Bonchev–Trinajstić information content (AvgIpc) is 2.45. The number of hydrogen-bond donors (Lipinski definition) is 0. The van der Waals surface area contributed by atoms with Gasteiger partial charge in [-0.3, -0.25) is 4.79 Å². The molecule has 104 valence electrons. The first kappa shape index (κ1) is 14.7. The smallest absolute Gasteiger partial charge is 0.163 e. The second-order valence-electron chi connectivity index (χ2n) is 4.57. The van der Waals surface area contributed by atoms with Crippen LogP contribution in [-0.2, 0) is 0 Å². The standard InChI is InChI=1S/C17H18O2S/c1-13-8-9-17(16(12-13)14(2)18)19-10-11-20-15-6-4-3-5-7-15/h3-9,12H,10-11H2,1-2H3. The molecule has 0 aliphatic carbocycles. The van der Waals surface area contributed by atoms with E-state index in [4.69, 9.17) is 4.74 Å². The minimum atomic E-state index is 0.0411. The molecule has 3 heteroatoms. The molecule has 0 aliphatic heterocycles. The molecular formula is C17H18O2S. The summed E-state index contributed by atoms with van der Waals surface area (Å²) in [7, 11) is 0. The van der Waals surface area contributed by atoms with Crippen LogP contribution < -0.4 is 4.74 Å². The maximum atomic E-state index is 11.6. The zero-order chi connectivity index (χ0) is 14.4. The topological polar surface area (TPSA) is 26.3 Å². The lowest BCUT2D eigenvalue weighted by molar-refractivity contribution is 0.101. The number of hydrogen-bond acceptors (Lipinski definition) is 3. The Balaban J connectivity index is 1.90. The van der Waals surface area contributed by atoms with Gasteiger partial charge in [-0.15, -0.1) is 11.8 Å². The van der Waals surface area contributed by atoms with Crippen molar-refractivity contribution in [1.82, 2.24) is 0 Å². The predicted molar refractivity (Wildman–Crippen MR) is 83.8 cm³/mol. The molecule has 0 radical (unpaired) electrons. The number of ether oxygens (including phenoxy) is 1. The quantitative estimate of drug-likeness (QED) is 0.448. The molecule has 2 aromatic carbocycles. The van der Waals surface area contributed by atoms with Gasteiger partial charge in [-0.05, 0) is 38.1 Å². The van der Waals surface area contributed by atoms with Crippen molar-refractivity contribution in [3.05, 3.63) is 59.7 Å². The van der Waals surface area contributed by atoms with Crippen LogP contribution in [0.15, 0.2) is 53.4 Å². The Kier molecular flexibility index (Phi) is 5.24. The summed E-state index contributed by atoms with van der Waals surface area (Å²) in [6, 6.07) is 15.9. The van der Waals surface area contributed by atoms with E-state index < -0.39 is 0 Å². The van der Waals surface area contributed by atoms with E-state index in [2.05, 4.69) is 12.1 Å². The van der Waals surface area contributed by atoms with Gasteiger partial charge in [0.2, 0.25) is 0 Å². The largest absolute Gasteiger partial charge is 0.492 e. The first-order chi connectivity index (χ1) is 9.66. The Labute approximate surface area is 124 Å². The van der Waals surface area contributed by atoms with Crippen molar-refractivity contribution in [2.45, 2.75) is 18.7 Å². The molecule has 20 heavy (non-hydrogen) atoms. The minimum Gasteiger partial charge on any atom is -0.492 e. The highest BCUT2D eigenvalue weighted by Gasteiger charge is 2.08. The van der Waals surface area contributed by atoms with Crippen LogP contribution in [0.25, 0.3) is 0 Å². The highest BCUT2D eigenvalue weighted by molar-refractivity contribution is 7.99. The summed E-state index contributed by atoms with van der Waals surface area (Å²) >= 11 is 1.75. The van der Waals surface area contributed by atoms with Crippen molar-refractivity contribution in [3.8, 4) is 5.75 Å². The number of carbonyl (C=O) groups is 1. The Morgan fingerprint density at radius 1 is 1.15 bits per heavy atom. The van der Waals surface area contributed by atoms with Crippen molar-refractivity contribution in [1.29, 1.82) is 0 Å². The number of ketones is 1. The molecule has 2 nitrogen and oxygen atoms in total. The van der Waals surface area contributed by atoms with E-state index >= 15 is 0 Å². The van der Waals surface area contributed by atoms with Crippen LogP contribution in [0.3, 0.4) is 0 Å². The Morgan fingerprint density at radius 3 is 2.60 bits per heavy atom. The van der Waals surface area contributed by atoms with Crippen LogP contribution in [-0.4, -0.2) is 18.1 Å². The second-order valence-corrected chi connectivity index (χ2v) is 5.73. The van der Waals surface area contributed by atoms with Gasteiger partial charge in [-0.2, -0.15) is 0 Å². The maximum Gasteiger partial charge on any atom is 0.163 e. The van der Waals surface area contributed by atoms with Gasteiger partial charge >= 0.3 is 0 Å². The molecule has 2 aromatic rings. The lowest BCUT2D eigenvalue weighted by Gasteiger charge is -2.10. The first-order valence-electron chi connectivity index (χ1n) is 6.59. The lowest BCUT2D eigenvalue weighted by atomic mass is 10.1. The van der Waals surface area contributed by atoms with Crippen LogP contribution in [0.2, 0.25) is 0 Å². The SMILES string of the molecule is CC(=O)c1cc(C)ccc1OCCSc1ccccc1. The third-order valence-electron chi connectivity index (χ3n) is 2.87. The number of benzene rings is 2. The van der Waals surface area contributed by atoms with Gasteiger partial charge in [0.15, 0.2) is 5.78 Å². The van der Waals surface area contributed by atoms with Gasteiger partial charge in [-0.25, -0.2) is 0 Å². The van der Waals surface area contributed by atoms with Crippen LogP contribution in [0.5, 0.6) is 5.75 Å². The molecule has 0 heterocycles. The van der Waals surface area contributed by atoms with Crippen molar-refractivity contribution in [2.75, 3.05) is 12.4 Å². The number of aryl methyl sites for hydroxylation is 1. The molecule has 0 fully saturated rings. The van der Waals surface area contributed by atoms with Crippen LogP contribution in [0.4, 0.5) is 0 Å². The van der Waals surface area contributed by atoms with E-state index in [-0.39, 0.29) is 5.78 Å². The van der Waals surface area contributed by atoms with E-state index in [0.717, 1.165) is 11.3 Å². The third-order valence-corrected chi connectivity index (χ3v) is 3.84. The highest BCUT2D eigenvalue weighted by Crippen LogP contribution is 2.22. The fourth-order valence-electron chi connectivity index (χ4n) is 1.87. The molecule has 0 amide bonds. The molecule has 2 rings (SSSR count). The summed E-state index contributed by atoms with van der Waals surface area (Å²) < 4.78 is 5.73. The molecule has 0 N–H and O–H groups in total. The maximum absolute atomic E-state index is 11.6. The van der Waals surface area contributed by atoms with Crippen LogP contribution in [0.1, 0.15) is 22.8 Å². The predicted octanol–water partition coefficient (Wildman–Crippen LogP) is 4.37. The molecule has 0 saturated carbocycles. The van der Waals surface area contributed by atoms with Crippen molar-refractivity contribution < 1.29 is 9.53 Å². The van der Waals surface area contributed by atoms with Gasteiger partial charge in [-0.1, -0.05) is 29.8 Å². The lowest BCUT2D eigenvalue weighted by Crippen LogP contribution is -2.05. The summed E-state index contributed by atoms with van der Waals surface area (Å²) in [5, 5.41) is 0. The summed E-state index contributed by atoms with van der Waals surface area (Å²) in [5.41, 5.74) is 1.73. The monoisotopic (exact) mass is 286 g/mol. The molecule has 0 saturated heterocycles. The van der Waals surface area contributed by atoms with E-state index in [1.807, 2.05) is 43.3 Å². The van der Waals surface area contributed by atoms with E-state index in [9.17, 15) is 4.79 Å². The third kappa shape index (κ3) is 4.14. The van der Waals surface area contributed by atoms with Crippen LogP contribution >= 0.6 is 11.8 Å². The second kappa shape index (κ2) is 7.15. The minimum absolute atomic E-state index is 0.0411. The molecule has 0 aromatic heterocycles. The first-order valence-corrected chi connectivity index (χ1v) is 7.57. The Morgan fingerprint density at radius 2 is 1.90 bits per heavy atom. The summed E-state index contributed by atoms with van der Waals surface area (Å²) in [6.07, 6.45) is 0. The molecule has 0 bridgehead atoms. The molecule has 0 unspecified atom stereocenters. The molecule has 0 atom stereocenters. The van der Waals surface area contributed by atoms with Crippen molar-refractivity contribution >= 4 is 17.5 Å². The highest BCUT2D eigenvalue weighted by atomic mass is 32.2. The van der Waals surface area contributed by atoms with Gasteiger partial charge in [0.05, 0.1) is 12.2 Å². The van der Waals surface area contributed by atoms with E-state index in [1.165, 1.54) is 4.90 Å². The fourth-order valence-corrected chi connectivity index (χ4v) is 2.62. The molecular weight excluding hydrogens is 268 g/mol. The van der Waals surface area contributed by atoms with Gasteiger partial charge in [0.25, 0.3) is 0 Å². The summed E-state index contributed by atoms with van der Waals surface area (Å²) in [4.78, 5) is 12.8. The number of carbonyl (C=O) groups excluding carboxylic acids is 1. The zero-order valence-corrected chi connectivity index (χ0v) is 12.6. The summed E-state index contributed by atoms with van der Waals surface area (Å²) in [6.45, 7) is 4.13. The van der Waals surface area contributed by atoms with Crippen molar-refractivity contribution in [3.63, 3.8) is 0 Å². The van der Waals surface area contributed by atoms with E-state index in [1.54, 1.807) is 18.7 Å². The van der Waals surface area contributed by atoms with Gasteiger partial charge in [0, 0.05) is 10.6 Å². The number of Topliss-reactive ketones (excluding diaryl/α,β-unsaturated/α-hetero) is 1. The number of rotatable bonds is 6. The van der Waals surface area contributed by atoms with E-state index in [0.29, 0.717) is 17.9 Å². The average molecular weight is 286 g/mol. The zero-order valence-electron chi connectivity index (χ0n) is 11.8. The normalized spacial score (nSPS) is 10.3. The Hall–Kier alpha value is -1.74. The number of thioether (sulfide) groups is 1.